The maximum Gasteiger partial charge on any atom is 0.258 e. The molecule has 1 aliphatic rings. The van der Waals surface area contributed by atoms with Gasteiger partial charge in [-0.3, -0.25) is 9.59 Å². The zero-order valence-electron chi connectivity index (χ0n) is 57.8. The van der Waals surface area contributed by atoms with Gasteiger partial charge in [-0.25, -0.2) is 0 Å². The molecule has 0 spiro atoms. The number of carbonyl (C=O) groups is 2. The molecule has 12 heteroatoms. The second-order valence-electron chi connectivity index (χ2n) is 29.6. The Labute approximate surface area is 582 Å². The van der Waals surface area contributed by atoms with Gasteiger partial charge in [0.25, 0.3) is 11.8 Å². The van der Waals surface area contributed by atoms with E-state index >= 15 is 0 Å². The highest BCUT2D eigenvalue weighted by Crippen LogP contribution is 2.57. The Balaban J connectivity index is 0.938. The van der Waals surface area contributed by atoms with Crippen LogP contribution in [0.25, 0.3) is 64.6 Å². The molecular formula is C84H86N2O6S4. The fraction of sp³-hybridized carbons (Fsp3) is 0.310. The van der Waals surface area contributed by atoms with Gasteiger partial charge in [0.1, 0.15) is 23.0 Å². The van der Waals surface area contributed by atoms with E-state index in [1.807, 2.05) is 0 Å². The fourth-order valence-corrected chi connectivity index (χ4v) is 17.5. The summed E-state index contributed by atoms with van der Waals surface area (Å²) in [7, 11) is 0. The lowest BCUT2D eigenvalue weighted by molar-refractivity contribution is -0.124. The zero-order chi connectivity index (χ0) is 67.6. The van der Waals surface area contributed by atoms with Crippen molar-refractivity contribution in [3.05, 3.63) is 191 Å². The maximum absolute atomic E-state index is 14.6. The quantitative estimate of drug-likeness (QED) is 0.0911. The summed E-state index contributed by atoms with van der Waals surface area (Å²) >= 11 is 6.45. The lowest BCUT2D eigenvalue weighted by Crippen LogP contribution is -2.28. The summed E-state index contributed by atoms with van der Waals surface area (Å²) in [5.74, 6) is 2.22. The Morgan fingerprint density at radius 1 is 0.333 bits per heavy atom. The van der Waals surface area contributed by atoms with E-state index in [4.69, 9.17) is 18.9 Å². The van der Waals surface area contributed by atoms with Crippen LogP contribution in [-0.4, -0.2) is 38.2 Å². The number of amides is 2. The van der Waals surface area contributed by atoms with E-state index in [1.54, 1.807) is 47.0 Å². The Morgan fingerprint density at radius 2 is 0.583 bits per heavy atom. The minimum atomic E-state index is -0.294. The van der Waals surface area contributed by atoms with Crippen molar-refractivity contribution in [2.45, 2.75) is 184 Å². The highest BCUT2D eigenvalue weighted by Gasteiger charge is 2.32. The molecular weight excluding hydrogens is 1260 g/mol. The molecule has 96 heavy (non-hydrogen) atoms. The molecule has 492 valence electrons. The number of benzene rings is 12. The minimum Gasteiger partial charge on any atom is -0.491 e. The van der Waals surface area contributed by atoms with Crippen molar-refractivity contribution in [3.63, 3.8) is 0 Å². The number of nitrogens with one attached hydrogen (secondary N) is 2. The summed E-state index contributed by atoms with van der Waals surface area (Å²) in [5.41, 5.74) is 5.37. The smallest absolute Gasteiger partial charge is 0.258 e. The Kier molecular flexibility index (Phi) is 18.5. The van der Waals surface area contributed by atoms with Crippen LogP contribution in [0.3, 0.4) is 0 Å². The molecule has 0 fully saturated rings. The molecule has 0 radical (unpaired) electrons. The summed E-state index contributed by atoms with van der Waals surface area (Å²) < 4.78 is 28.4. The normalized spacial score (nSPS) is 13.1. The predicted octanol–water partition coefficient (Wildman–Crippen LogP) is 22.6. The van der Waals surface area contributed by atoms with Crippen molar-refractivity contribution in [1.29, 1.82) is 0 Å². The first kappa shape index (κ1) is 66.9. The predicted molar refractivity (Wildman–Crippen MR) is 404 cm³/mol. The molecule has 12 aromatic rings. The Bertz CT molecular complexity index is 4530. The molecule has 1 aliphatic heterocycles. The van der Waals surface area contributed by atoms with Crippen LogP contribution in [0.4, 0.5) is 0 Å². The van der Waals surface area contributed by atoms with E-state index < -0.39 is 0 Å². The Hall–Kier alpha value is -7.74. The molecule has 0 unspecified atom stereocenters. The van der Waals surface area contributed by atoms with Crippen molar-refractivity contribution in [1.82, 2.24) is 10.6 Å². The largest absolute Gasteiger partial charge is 0.491 e. The van der Waals surface area contributed by atoms with E-state index in [0.29, 0.717) is 37.8 Å². The lowest BCUT2D eigenvalue weighted by atomic mass is 9.87. The summed E-state index contributed by atoms with van der Waals surface area (Å²) in [6.45, 7) is 32.4. The standard InChI is InChI=1S/C84H86N2O6S4/c1-15-35-89-77-63-37-57(81(3,4)5)38-64(77)94-68-42-60(84(12,13)14)44-70(80(68)92-48-72(88)86-46-56-30-28-54-26-24-50-20-18-22-52-32-34-62(56)76(54)74(50)52)96-66-40-58(82(6,7)8)39-65(78(66)90-36-16-2)95-69-43-59(83(9,10)11)41-67(93-63)79(69)91-47-71(87)85-45-55-29-27-53-25-23-49-19-17-21-51-31-33-61(55)75(53)73(49)51/h17-34,37-44H,15-16,35-36,45-48H2,1-14H3,(H,85,87)(H,86,88). The van der Waals surface area contributed by atoms with Gasteiger partial charge in [0.15, 0.2) is 13.2 Å². The van der Waals surface area contributed by atoms with E-state index in [1.165, 1.54) is 53.9 Å². The number of ether oxygens (including phenoxy) is 4. The molecule has 8 bridgehead atoms. The molecule has 0 aliphatic carbocycles. The van der Waals surface area contributed by atoms with Crippen molar-refractivity contribution in [2.24, 2.45) is 0 Å². The van der Waals surface area contributed by atoms with Gasteiger partial charge in [-0.15, -0.1) is 0 Å². The van der Waals surface area contributed by atoms with Gasteiger partial charge in [-0.2, -0.15) is 0 Å². The van der Waals surface area contributed by atoms with E-state index in [9.17, 15) is 9.59 Å². The number of rotatable bonds is 16. The third kappa shape index (κ3) is 13.7. The van der Waals surface area contributed by atoms with Gasteiger partial charge in [0.2, 0.25) is 0 Å². The van der Waals surface area contributed by atoms with Crippen LogP contribution < -0.4 is 29.6 Å². The minimum absolute atomic E-state index is 0.224. The van der Waals surface area contributed by atoms with E-state index in [0.717, 1.165) is 108 Å². The summed E-state index contributed by atoms with van der Waals surface area (Å²) in [6, 6.07) is 57.1. The first-order chi connectivity index (χ1) is 45.8. The molecule has 2 N–H and O–H groups in total. The third-order valence-electron chi connectivity index (χ3n) is 18.2. The van der Waals surface area contributed by atoms with Gasteiger partial charge < -0.3 is 29.6 Å². The summed E-state index contributed by atoms with van der Waals surface area (Å²) in [6.07, 6.45) is 1.56. The molecule has 12 aromatic carbocycles. The van der Waals surface area contributed by atoms with Crippen LogP contribution in [0, 0.1) is 0 Å². The zero-order valence-corrected chi connectivity index (χ0v) is 61.0. The average Bonchev–Trinajstić information content (AvgIpc) is 0.746. The van der Waals surface area contributed by atoms with Crippen molar-refractivity contribution in [3.8, 4) is 23.0 Å². The van der Waals surface area contributed by atoms with E-state index in [-0.39, 0.29) is 46.7 Å². The van der Waals surface area contributed by atoms with Crippen LogP contribution >= 0.6 is 47.0 Å². The van der Waals surface area contributed by atoms with Crippen LogP contribution in [0.15, 0.2) is 197 Å². The third-order valence-corrected chi connectivity index (χ3v) is 22.4. The first-order valence-corrected chi connectivity index (χ1v) is 36.9. The molecule has 0 saturated heterocycles. The highest BCUT2D eigenvalue weighted by atomic mass is 32.2. The first-order valence-electron chi connectivity index (χ1n) is 33.6. The van der Waals surface area contributed by atoms with Gasteiger partial charge in [0, 0.05) is 13.1 Å². The van der Waals surface area contributed by atoms with Crippen LogP contribution in [-0.2, 0) is 44.3 Å². The lowest BCUT2D eigenvalue weighted by Gasteiger charge is -2.28. The molecule has 0 aromatic heterocycles. The number of hydrogen-bond acceptors (Lipinski definition) is 10. The van der Waals surface area contributed by atoms with Gasteiger partial charge >= 0.3 is 0 Å². The van der Waals surface area contributed by atoms with Crippen molar-refractivity contribution < 1.29 is 28.5 Å². The van der Waals surface area contributed by atoms with Crippen molar-refractivity contribution >= 4 is 123 Å². The van der Waals surface area contributed by atoms with Gasteiger partial charge in [-0.05, 0) is 181 Å². The fourth-order valence-electron chi connectivity index (χ4n) is 12.8. The molecule has 0 saturated carbocycles. The number of hydrogen-bond donors (Lipinski definition) is 2. The number of fused-ring (bicyclic) bond motifs is 8. The second-order valence-corrected chi connectivity index (χ2v) is 33.9. The molecule has 13 rings (SSSR count). The van der Waals surface area contributed by atoms with Gasteiger partial charge in [0.05, 0.1) is 52.4 Å². The summed E-state index contributed by atoms with van der Waals surface area (Å²) in [5, 5.41) is 20.9. The highest BCUT2D eigenvalue weighted by molar-refractivity contribution is 8.01. The van der Waals surface area contributed by atoms with Crippen LogP contribution in [0.1, 0.15) is 143 Å². The SMILES string of the molecule is CCCOc1c2cc(C(C)(C)C)cc1Sc1cc(C(C)(C)C)cc(c1OCC(=O)NCc1ccc3ccc4cccc5ccc1c3c45)Sc1cc(C(C)(C)C)cc(c1OCCC)Sc1cc(C(C)(C)C)cc(c1OCC(=O)NCc1ccc3ccc4cccc5ccc1c3c45)S2. The van der Waals surface area contributed by atoms with Gasteiger partial charge in [-0.1, -0.05) is 253 Å². The molecule has 2 amide bonds. The van der Waals surface area contributed by atoms with E-state index in [2.05, 4.69) is 265 Å². The molecule has 0 atom stereocenters. The number of carbonyl (C=O) groups excluding carboxylic acids is 2. The monoisotopic (exact) mass is 1350 g/mol. The molecule has 8 nitrogen and oxygen atoms in total. The summed E-state index contributed by atoms with van der Waals surface area (Å²) in [4.78, 5) is 36.3. The van der Waals surface area contributed by atoms with Crippen LogP contribution in [0.2, 0.25) is 0 Å². The van der Waals surface area contributed by atoms with Crippen LogP contribution in [0.5, 0.6) is 23.0 Å². The molecule has 1 heterocycles. The van der Waals surface area contributed by atoms with Crippen molar-refractivity contribution in [2.75, 3.05) is 26.4 Å². The topological polar surface area (TPSA) is 95.1 Å². The Morgan fingerprint density at radius 3 is 0.854 bits per heavy atom. The second kappa shape index (κ2) is 26.6. The maximum atomic E-state index is 14.6. The average molecular weight is 1350 g/mol.